The summed E-state index contributed by atoms with van der Waals surface area (Å²) in [5.74, 6) is 0.835. The van der Waals surface area contributed by atoms with Crippen molar-refractivity contribution in [3.63, 3.8) is 0 Å². The van der Waals surface area contributed by atoms with Crippen LogP contribution in [0.4, 0.5) is 10.7 Å². The first-order chi connectivity index (χ1) is 8.91. The predicted molar refractivity (Wildman–Crippen MR) is 79.7 cm³/mol. The van der Waals surface area contributed by atoms with Gasteiger partial charge in [-0.25, -0.2) is 0 Å². The minimum atomic E-state index is -0.391. The van der Waals surface area contributed by atoms with Crippen molar-refractivity contribution >= 4 is 39.6 Å². The van der Waals surface area contributed by atoms with Crippen LogP contribution in [-0.4, -0.2) is 34.3 Å². The van der Waals surface area contributed by atoms with Crippen molar-refractivity contribution in [2.75, 3.05) is 17.2 Å². The quantitative estimate of drug-likeness (QED) is 0.487. The van der Waals surface area contributed by atoms with Crippen LogP contribution in [0.25, 0.3) is 0 Å². The van der Waals surface area contributed by atoms with E-state index in [-0.39, 0.29) is 17.5 Å². The lowest BCUT2D eigenvalue weighted by Crippen LogP contribution is -2.44. The summed E-state index contributed by atoms with van der Waals surface area (Å²) in [4.78, 5) is 24.7. The Kier molecular flexibility index (Phi) is 4.15. The van der Waals surface area contributed by atoms with Crippen molar-refractivity contribution < 1.29 is 9.72 Å². The summed E-state index contributed by atoms with van der Waals surface area (Å²) < 4.78 is 0. The standard InChI is InChI=1S/C12H16N2O3S2/c1-7-9(3)18-5-4-13(7)12-10(14(16)17)6-11(19-12)8(2)15/h6-7,9H,4-5H2,1-3H3. The predicted octanol–water partition coefficient (Wildman–Crippen LogP) is 3.19. The van der Waals surface area contributed by atoms with Gasteiger partial charge in [-0.3, -0.25) is 14.9 Å². The molecule has 0 saturated carbocycles. The SMILES string of the molecule is CC(=O)c1cc([N+](=O)[O-])c(N2CCSC(C)C2C)s1. The zero-order valence-electron chi connectivity index (χ0n) is 11.1. The average molecular weight is 300 g/mol. The van der Waals surface area contributed by atoms with E-state index in [9.17, 15) is 14.9 Å². The van der Waals surface area contributed by atoms with Gasteiger partial charge in [0.1, 0.15) is 0 Å². The highest BCUT2D eigenvalue weighted by atomic mass is 32.2. The van der Waals surface area contributed by atoms with Gasteiger partial charge in [-0.15, -0.1) is 11.3 Å². The highest BCUT2D eigenvalue weighted by Crippen LogP contribution is 2.41. The van der Waals surface area contributed by atoms with Crippen LogP contribution in [0.2, 0.25) is 0 Å². The van der Waals surface area contributed by atoms with Gasteiger partial charge < -0.3 is 4.90 Å². The van der Waals surface area contributed by atoms with E-state index in [2.05, 4.69) is 18.7 Å². The fourth-order valence-corrected chi connectivity index (χ4v) is 4.34. The molecular weight excluding hydrogens is 284 g/mol. The van der Waals surface area contributed by atoms with E-state index >= 15 is 0 Å². The van der Waals surface area contributed by atoms with E-state index in [0.717, 1.165) is 12.3 Å². The van der Waals surface area contributed by atoms with Crippen molar-refractivity contribution in [2.45, 2.75) is 32.1 Å². The fourth-order valence-electron chi connectivity index (χ4n) is 2.10. The number of anilines is 1. The van der Waals surface area contributed by atoms with E-state index in [1.54, 1.807) is 0 Å². The molecule has 2 atom stereocenters. The lowest BCUT2D eigenvalue weighted by molar-refractivity contribution is -0.383. The molecule has 1 aromatic rings. The van der Waals surface area contributed by atoms with Crippen LogP contribution >= 0.6 is 23.1 Å². The van der Waals surface area contributed by atoms with E-state index in [4.69, 9.17) is 0 Å². The number of thioether (sulfide) groups is 1. The van der Waals surface area contributed by atoms with Crippen molar-refractivity contribution in [3.05, 3.63) is 21.1 Å². The number of nitrogens with zero attached hydrogens (tertiary/aromatic N) is 2. The number of thiophene rings is 1. The Balaban J connectivity index is 2.42. The second-order valence-corrected chi connectivity index (χ2v) is 7.14. The van der Waals surface area contributed by atoms with E-state index < -0.39 is 4.92 Å². The Hall–Kier alpha value is -1.08. The van der Waals surface area contributed by atoms with Gasteiger partial charge in [-0.05, 0) is 13.8 Å². The summed E-state index contributed by atoms with van der Waals surface area (Å²) in [7, 11) is 0. The van der Waals surface area contributed by atoms with Crippen LogP contribution in [0.3, 0.4) is 0 Å². The largest absolute Gasteiger partial charge is 0.353 e. The summed E-state index contributed by atoms with van der Waals surface area (Å²) in [6.07, 6.45) is 0. The van der Waals surface area contributed by atoms with Crippen LogP contribution < -0.4 is 4.90 Å². The third kappa shape index (κ3) is 2.76. The molecule has 2 unspecified atom stereocenters. The molecule has 1 aromatic heterocycles. The van der Waals surface area contributed by atoms with Crippen molar-refractivity contribution in [3.8, 4) is 0 Å². The molecule has 1 aliphatic rings. The maximum absolute atomic E-state index is 11.4. The first kappa shape index (κ1) is 14.3. The van der Waals surface area contributed by atoms with Gasteiger partial charge in [0.05, 0.1) is 9.80 Å². The zero-order valence-corrected chi connectivity index (χ0v) is 12.7. The lowest BCUT2D eigenvalue weighted by Gasteiger charge is -2.37. The Morgan fingerprint density at radius 1 is 1.53 bits per heavy atom. The Morgan fingerprint density at radius 2 is 2.21 bits per heavy atom. The van der Waals surface area contributed by atoms with Gasteiger partial charge in [-0.1, -0.05) is 6.92 Å². The molecule has 1 saturated heterocycles. The van der Waals surface area contributed by atoms with Gasteiger partial charge in [0.2, 0.25) is 0 Å². The van der Waals surface area contributed by atoms with Crippen molar-refractivity contribution in [1.82, 2.24) is 0 Å². The number of hydrogen-bond donors (Lipinski definition) is 0. The second kappa shape index (κ2) is 5.50. The average Bonchev–Trinajstić information content (AvgIpc) is 2.77. The molecule has 1 fully saturated rings. The molecule has 1 aliphatic heterocycles. The molecule has 0 radical (unpaired) electrons. The summed E-state index contributed by atoms with van der Waals surface area (Å²) in [6, 6.07) is 1.64. The summed E-state index contributed by atoms with van der Waals surface area (Å²) in [5, 5.41) is 12.2. The molecular formula is C12H16N2O3S2. The maximum atomic E-state index is 11.4. The van der Waals surface area contributed by atoms with Crippen molar-refractivity contribution in [2.24, 2.45) is 0 Å². The number of hydrogen-bond acceptors (Lipinski definition) is 6. The van der Waals surface area contributed by atoms with E-state index in [1.807, 2.05) is 11.8 Å². The highest BCUT2D eigenvalue weighted by Gasteiger charge is 2.32. The lowest BCUT2D eigenvalue weighted by atomic mass is 10.2. The molecule has 0 bridgehead atoms. The Morgan fingerprint density at radius 3 is 2.79 bits per heavy atom. The highest BCUT2D eigenvalue weighted by molar-refractivity contribution is 8.00. The minimum absolute atomic E-state index is 0.0566. The van der Waals surface area contributed by atoms with Crippen LogP contribution in [-0.2, 0) is 0 Å². The summed E-state index contributed by atoms with van der Waals surface area (Å²) in [6.45, 7) is 6.44. The van der Waals surface area contributed by atoms with E-state index in [1.165, 1.54) is 24.3 Å². The molecule has 0 aliphatic carbocycles. The van der Waals surface area contributed by atoms with Gasteiger partial charge in [0.25, 0.3) is 0 Å². The second-order valence-electron chi connectivity index (χ2n) is 4.62. The van der Waals surface area contributed by atoms with Crippen LogP contribution in [0, 0.1) is 10.1 Å². The molecule has 7 heteroatoms. The first-order valence-corrected chi connectivity index (χ1v) is 7.95. The number of Topliss-reactive ketones (excluding diaryl/α,β-unsaturated/α-hetero) is 1. The topological polar surface area (TPSA) is 63.4 Å². The number of carbonyl (C=O) groups excluding carboxylic acids is 1. The Labute approximate surface area is 120 Å². The summed E-state index contributed by atoms with van der Waals surface area (Å²) >= 11 is 3.11. The first-order valence-electron chi connectivity index (χ1n) is 6.09. The molecule has 19 heavy (non-hydrogen) atoms. The van der Waals surface area contributed by atoms with Gasteiger partial charge >= 0.3 is 5.69 Å². The third-order valence-electron chi connectivity index (χ3n) is 3.38. The van der Waals surface area contributed by atoms with Crippen LogP contribution in [0.15, 0.2) is 6.07 Å². The molecule has 2 rings (SSSR count). The van der Waals surface area contributed by atoms with Crippen LogP contribution in [0.5, 0.6) is 0 Å². The van der Waals surface area contributed by atoms with E-state index in [0.29, 0.717) is 15.1 Å². The normalized spacial score (nSPS) is 23.4. The molecule has 0 amide bonds. The van der Waals surface area contributed by atoms with Gasteiger partial charge in [0.15, 0.2) is 10.8 Å². The number of ketones is 1. The molecule has 104 valence electrons. The third-order valence-corrected chi connectivity index (χ3v) is 5.98. The van der Waals surface area contributed by atoms with Gasteiger partial charge in [-0.2, -0.15) is 11.8 Å². The molecule has 0 N–H and O–H groups in total. The molecule has 5 nitrogen and oxygen atoms in total. The van der Waals surface area contributed by atoms with Crippen molar-refractivity contribution in [1.29, 1.82) is 0 Å². The molecule has 0 aromatic carbocycles. The van der Waals surface area contributed by atoms with Crippen LogP contribution in [0.1, 0.15) is 30.4 Å². The smallest absolute Gasteiger partial charge is 0.304 e. The number of nitro groups is 1. The minimum Gasteiger partial charge on any atom is -0.353 e. The fraction of sp³-hybridized carbons (Fsp3) is 0.583. The van der Waals surface area contributed by atoms with Gasteiger partial charge in [0, 0.05) is 29.7 Å². The Bertz CT molecular complexity index is 515. The number of carbonyl (C=O) groups is 1. The monoisotopic (exact) mass is 300 g/mol. The molecule has 2 heterocycles. The summed E-state index contributed by atoms with van der Waals surface area (Å²) in [5.41, 5.74) is 0.0566. The zero-order chi connectivity index (χ0) is 14.2. The molecule has 0 spiro atoms. The maximum Gasteiger partial charge on any atom is 0.304 e. The number of rotatable bonds is 3.